The number of aliphatic hydroxyl groups is 1. The predicted octanol–water partition coefficient (Wildman–Crippen LogP) is 1.31. The van der Waals surface area contributed by atoms with Crippen LogP contribution in [0.3, 0.4) is 0 Å². The summed E-state index contributed by atoms with van der Waals surface area (Å²) >= 11 is 0. The Kier molecular flexibility index (Phi) is 9.89. The van der Waals surface area contributed by atoms with Crippen LogP contribution in [-0.4, -0.2) is 55.8 Å². The van der Waals surface area contributed by atoms with Crippen molar-refractivity contribution in [3.8, 4) is 0 Å². The summed E-state index contributed by atoms with van der Waals surface area (Å²) in [6, 6.07) is 12.1. The van der Waals surface area contributed by atoms with Crippen molar-refractivity contribution in [2.24, 2.45) is 5.73 Å². The van der Waals surface area contributed by atoms with Crippen molar-refractivity contribution in [3.63, 3.8) is 0 Å². The highest BCUT2D eigenvalue weighted by molar-refractivity contribution is 8.05. The van der Waals surface area contributed by atoms with Crippen LogP contribution < -0.4 is 11.1 Å². The summed E-state index contributed by atoms with van der Waals surface area (Å²) in [5, 5.41) is 11.5. The van der Waals surface area contributed by atoms with Gasteiger partial charge in [0.15, 0.2) is 6.10 Å². The van der Waals surface area contributed by atoms with Crippen LogP contribution in [0.5, 0.6) is 0 Å². The minimum Gasteiger partial charge on any atom is -0.390 e. The van der Waals surface area contributed by atoms with Crippen molar-refractivity contribution >= 4 is 21.0 Å². The Hall–Kier alpha value is -2.89. The summed E-state index contributed by atoms with van der Waals surface area (Å²) in [7, 11) is -4.26. The van der Waals surface area contributed by atoms with Crippen molar-refractivity contribution in [2.75, 3.05) is 18.9 Å². The largest absolute Gasteiger partial charge is 0.390 e. The third kappa shape index (κ3) is 8.87. The number of aliphatic hydroxyl groups excluding tert-OH is 1. The number of rotatable bonds is 12. The molecule has 2 amide bonds. The van der Waals surface area contributed by atoms with Crippen molar-refractivity contribution in [2.45, 2.75) is 25.0 Å². The standard InChI is InChI=1S/C22H25F2N2O6S/c23-17-12-16(13-18(24)14-17)6-7-19(27)20(32-10-11-33(30,31)22(25)29)21(28)26-9-8-15-4-2-1-3-5-15/h1-5,7,12-14,19-20,27H,6,8-11H2,(H2,25,29)(H,26,28). The van der Waals surface area contributed by atoms with E-state index in [2.05, 4.69) is 5.32 Å². The van der Waals surface area contributed by atoms with E-state index < -0.39 is 57.2 Å². The third-order valence-corrected chi connectivity index (χ3v) is 5.91. The van der Waals surface area contributed by atoms with Gasteiger partial charge in [0, 0.05) is 12.6 Å². The summed E-state index contributed by atoms with van der Waals surface area (Å²) in [6.45, 7) is -0.369. The minimum absolute atomic E-state index is 0.0907. The molecule has 0 aromatic heterocycles. The molecule has 4 N–H and O–H groups in total. The van der Waals surface area contributed by atoms with E-state index in [-0.39, 0.29) is 18.5 Å². The van der Waals surface area contributed by atoms with Gasteiger partial charge in [-0.1, -0.05) is 30.3 Å². The fourth-order valence-corrected chi connectivity index (χ4v) is 3.42. The molecule has 0 spiro atoms. The van der Waals surface area contributed by atoms with Gasteiger partial charge in [-0.25, -0.2) is 17.2 Å². The van der Waals surface area contributed by atoms with Crippen molar-refractivity contribution in [1.82, 2.24) is 5.32 Å². The molecule has 0 saturated carbocycles. The van der Waals surface area contributed by atoms with Crippen LogP contribution in [0.2, 0.25) is 0 Å². The van der Waals surface area contributed by atoms with Gasteiger partial charge in [0.25, 0.3) is 5.91 Å². The normalized spacial score (nSPS) is 13.3. The lowest BCUT2D eigenvalue weighted by Crippen LogP contribution is -2.46. The van der Waals surface area contributed by atoms with Gasteiger partial charge in [-0.3, -0.25) is 9.59 Å². The van der Waals surface area contributed by atoms with Crippen molar-refractivity contribution in [1.29, 1.82) is 0 Å². The van der Waals surface area contributed by atoms with E-state index in [1.165, 1.54) is 6.42 Å². The van der Waals surface area contributed by atoms with Crippen LogP contribution in [0.25, 0.3) is 0 Å². The summed E-state index contributed by atoms with van der Waals surface area (Å²) in [6.07, 6.45) is -1.45. The molecule has 2 aromatic rings. The molecular weight excluding hydrogens is 458 g/mol. The lowest BCUT2D eigenvalue weighted by Gasteiger charge is -2.22. The average Bonchev–Trinajstić information content (AvgIpc) is 2.75. The molecule has 1 radical (unpaired) electrons. The number of benzene rings is 2. The molecule has 0 aliphatic carbocycles. The highest BCUT2D eigenvalue weighted by Gasteiger charge is 2.29. The number of primary amides is 1. The molecule has 2 atom stereocenters. The third-order valence-electron chi connectivity index (χ3n) is 4.60. The first-order chi connectivity index (χ1) is 15.6. The molecule has 2 aromatic carbocycles. The molecule has 0 heterocycles. The van der Waals surface area contributed by atoms with Crippen LogP contribution >= 0.6 is 0 Å². The van der Waals surface area contributed by atoms with Gasteiger partial charge in [0.2, 0.25) is 9.84 Å². The number of hydrogen-bond acceptors (Lipinski definition) is 6. The van der Waals surface area contributed by atoms with E-state index in [0.29, 0.717) is 12.5 Å². The Balaban J connectivity index is 2.00. The Morgan fingerprint density at radius 3 is 2.33 bits per heavy atom. The topological polar surface area (TPSA) is 136 Å². The van der Waals surface area contributed by atoms with Gasteiger partial charge in [-0.15, -0.1) is 0 Å². The van der Waals surface area contributed by atoms with Crippen molar-refractivity contribution in [3.05, 3.63) is 77.7 Å². The zero-order chi connectivity index (χ0) is 24.4. The first kappa shape index (κ1) is 26.4. The SMILES string of the molecule is NC(=O)S(=O)(=O)CCOC(C(=O)NCCc1ccccc1)C(O)[CH]Cc1cc(F)cc(F)c1. The number of carbonyl (C=O) groups excluding carboxylic acids is 2. The minimum atomic E-state index is -4.26. The monoisotopic (exact) mass is 483 g/mol. The second kappa shape index (κ2) is 12.4. The number of carbonyl (C=O) groups is 2. The van der Waals surface area contributed by atoms with Gasteiger partial charge >= 0.3 is 5.24 Å². The maximum absolute atomic E-state index is 13.4. The van der Waals surface area contributed by atoms with Gasteiger partial charge in [0.05, 0.1) is 18.5 Å². The van der Waals surface area contributed by atoms with Crippen molar-refractivity contribution < 1.29 is 36.6 Å². The Morgan fingerprint density at radius 1 is 1.09 bits per heavy atom. The fourth-order valence-electron chi connectivity index (χ4n) is 2.90. The molecule has 0 aliphatic heterocycles. The van der Waals surface area contributed by atoms with Gasteiger partial charge in [-0.05, 0) is 42.5 Å². The number of nitrogens with one attached hydrogen (secondary N) is 1. The molecule has 0 bridgehead atoms. The van der Waals surface area contributed by atoms with Crippen LogP contribution in [-0.2, 0) is 32.2 Å². The Labute approximate surface area is 190 Å². The van der Waals surface area contributed by atoms with E-state index in [9.17, 15) is 31.9 Å². The van der Waals surface area contributed by atoms with Gasteiger partial charge in [0.1, 0.15) is 11.6 Å². The Bertz CT molecular complexity index is 1030. The maximum Gasteiger partial charge on any atom is 0.333 e. The molecule has 179 valence electrons. The molecule has 2 unspecified atom stereocenters. The molecule has 33 heavy (non-hydrogen) atoms. The second-order valence-corrected chi connectivity index (χ2v) is 9.20. The van der Waals surface area contributed by atoms with Crippen LogP contribution in [0.4, 0.5) is 13.6 Å². The quantitative estimate of drug-likeness (QED) is 0.417. The number of ether oxygens (including phenoxy) is 1. The van der Waals surface area contributed by atoms with E-state index >= 15 is 0 Å². The first-order valence-electron chi connectivity index (χ1n) is 10.0. The highest BCUT2D eigenvalue weighted by atomic mass is 32.2. The number of halogens is 2. The second-order valence-electron chi connectivity index (χ2n) is 7.16. The van der Waals surface area contributed by atoms with E-state index in [1.54, 1.807) is 0 Å². The summed E-state index contributed by atoms with van der Waals surface area (Å²) in [4.78, 5) is 23.5. The number of hydrogen-bond donors (Lipinski definition) is 3. The first-order valence-corrected chi connectivity index (χ1v) is 11.7. The lowest BCUT2D eigenvalue weighted by molar-refractivity contribution is -0.138. The molecule has 2 rings (SSSR count). The number of sulfone groups is 1. The fraction of sp³-hybridized carbons (Fsp3) is 0.318. The van der Waals surface area contributed by atoms with Gasteiger partial charge in [-0.2, -0.15) is 0 Å². The zero-order valence-electron chi connectivity index (χ0n) is 17.6. The molecular formula is C22H25F2N2O6S. The Morgan fingerprint density at radius 2 is 1.73 bits per heavy atom. The summed E-state index contributed by atoms with van der Waals surface area (Å²) < 4.78 is 55.1. The molecule has 0 aliphatic rings. The van der Waals surface area contributed by atoms with Crippen LogP contribution in [0.15, 0.2) is 48.5 Å². The zero-order valence-corrected chi connectivity index (χ0v) is 18.4. The average molecular weight is 484 g/mol. The lowest BCUT2D eigenvalue weighted by atomic mass is 10.0. The predicted molar refractivity (Wildman–Crippen MR) is 117 cm³/mol. The maximum atomic E-state index is 13.4. The van der Waals surface area contributed by atoms with Crippen LogP contribution in [0.1, 0.15) is 11.1 Å². The molecule has 8 nitrogen and oxygen atoms in total. The van der Waals surface area contributed by atoms with E-state index in [1.807, 2.05) is 30.3 Å². The molecule has 0 saturated heterocycles. The van der Waals surface area contributed by atoms with E-state index in [0.717, 1.165) is 17.7 Å². The smallest absolute Gasteiger partial charge is 0.333 e. The summed E-state index contributed by atoms with van der Waals surface area (Å²) in [5.74, 6) is -3.10. The molecule has 0 fully saturated rings. The number of amides is 2. The van der Waals surface area contributed by atoms with Gasteiger partial charge < -0.3 is 20.9 Å². The van der Waals surface area contributed by atoms with E-state index in [4.69, 9.17) is 10.5 Å². The summed E-state index contributed by atoms with van der Waals surface area (Å²) in [5.41, 5.74) is 5.96. The highest BCUT2D eigenvalue weighted by Crippen LogP contribution is 2.13. The number of nitrogens with two attached hydrogens (primary N) is 1. The molecule has 11 heteroatoms. The van der Waals surface area contributed by atoms with Crippen LogP contribution in [0, 0.1) is 18.1 Å².